The fourth-order valence-corrected chi connectivity index (χ4v) is 0.933. The molecule has 0 unspecified atom stereocenters. The third-order valence-corrected chi connectivity index (χ3v) is 1.50. The molecular formula is C9H14FN5. The van der Waals surface area contributed by atoms with Gasteiger partial charge >= 0.3 is 0 Å². The Morgan fingerprint density at radius 1 is 1.40 bits per heavy atom. The van der Waals surface area contributed by atoms with Gasteiger partial charge in [0.2, 0.25) is 0 Å². The molecule has 0 amide bonds. The maximum absolute atomic E-state index is 13.1. The van der Waals surface area contributed by atoms with E-state index in [2.05, 4.69) is 11.0 Å². The van der Waals surface area contributed by atoms with Crippen molar-refractivity contribution in [2.45, 2.75) is 6.92 Å². The average molecular weight is 211 g/mol. The first-order valence-electron chi connectivity index (χ1n) is 4.21. The Morgan fingerprint density at radius 2 is 1.93 bits per heavy atom. The quantitative estimate of drug-likeness (QED) is 0.303. The Bertz CT molecular complexity index is 339. The van der Waals surface area contributed by atoms with Crippen molar-refractivity contribution in [2.24, 2.45) is 11.0 Å². The van der Waals surface area contributed by atoms with E-state index in [4.69, 9.17) is 10.9 Å². The van der Waals surface area contributed by atoms with Crippen molar-refractivity contribution in [1.82, 2.24) is 0 Å². The monoisotopic (exact) mass is 211 g/mol. The molecule has 0 atom stereocenters. The van der Waals surface area contributed by atoms with E-state index >= 15 is 0 Å². The molecule has 82 valence electrons. The first kappa shape index (κ1) is 13.2. The summed E-state index contributed by atoms with van der Waals surface area (Å²) in [6.45, 7) is 1.44. The van der Waals surface area contributed by atoms with Gasteiger partial charge in [-0.25, -0.2) is 4.39 Å². The third-order valence-electron chi connectivity index (χ3n) is 1.50. The van der Waals surface area contributed by atoms with Crippen molar-refractivity contribution in [2.75, 3.05) is 12.1 Å². The summed E-state index contributed by atoms with van der Waals surface area (Å²) in [5.41, 5.74) is 11.4. The molecule has 0 aliphatic heterocycles. The summed E-state index contributed by atoms with van der Waals surface area (Å²) < 4.78 is 13.1. The SMILES string of the molecule is CC(=N)N(N=N)c1ccccc1F.CN. The van der Waals surface area contributed by atoms with Crippen molar-refractivity contribution >= 4 is 11.5 Å². The largest absolute Gasteiger partial charge is 0.333 e. The lowest BCUT2D eigenvalue weighted by molar-refractivity contribution is 0.625. The van der Waals surface area contributed by atoms with Crippen LogP contribution in [0.15, 0.2) is 29.5 Å². The van der Waals surface area contributed by atoms with Crippen LogP contribution in [-0.4, -0.2) is 12.9 Å². The highest BCUT2D eigenvalue weighted by molar-refractivity contribution is 5.92. The topological polar surface area (TPSA) is 89.3 Å². The summed E-state index contributed by atoms with van der Waals surface area (Å²) in [4.78, 5) is 0. The molecule has 1 aromatic rings. The Labute approximate surface area is 87.7 Å². The molecule has 0 saturated heterocycles. The number of anilines is 1. The molecule has 0 saturated carbocycles. The lowest BCUT2D eigenvalue weighted by Crippen LogP contribution is -2.21. The van der Waals surface area contributed by atoms with Crippen LogP contribution < -0.4 is 10.7 Å². The van der Waals surface area contributed by atoms with Crippen LogP contribution in [0.3, 0.4) is 0 Å². The number of halogens is 1. The molecular weight excluding hydrogens is 197 g/mol. The van der Waals surface area contributed by atoms with Gasteiger partial charge in [-0.05, 0) is 26.1 Å². The normalized spacial score (nSPS) is 8.53. The smallest absolute Gasteiger partial charge is 0.148 e. The van der Waals surface area contributed by atoms with Gasteiger partial charge in [-0.15, -0.1) is 0 Å². The van der Waals surface area contributed by atoms with Crippen LogP contribution >= 0.6 is 0 Å². The summed E-state index contributed by atoms with van der Waals surface area (Å²) in [7, 11) is 1.50. The Kier molecular flexibility index (Phi) is 5.81. The second-order valence-corrected chi connectivity index (χ2v) is 2.45. The van der Waals surface area contributed by atoms with Crippen molar-refractivity contribution in [3.05, 3.63) is 30.1 Å². The molecule has 0 bridgehead atoms. The zero-order chi connectivity index (χ0) is 11.8. The minimum atomic E-state index is -0.495. The van der Waals surface area contributed by atoms with Gasteiger partial charge in [-0.1, -0.05) is 17.4 Å². The average Bonchev–Trinajstić information content (AvgIpc) is 2.24. The van der Waals surface area contributed by atoms with E-state index in [-0.39, 0.29) is 11.5 Å². The molecule has 0 spiro atoms. The summed E-state index contributed by atoms with van der Waals surface area (Å²) in [6.07, 6.45) is 0. The van der Waals surface area contributed by atoms with Gasteiger partial charge in [0.1, 0.15) is 17.3 Å². The predicted octanol–water partition coefficient (Wildman–Crippen LogP) is 2.15. The van der Waals surface area contributed by atoms with E-state index in [9.17, 15) is 4.39 Å². The molecule has 0 heterocycles. The molecule has 0 aromatic heterocycles. The summed E-state index contributed by atoms with van der Waals surface area (Å²) in [5.74, 6) is -0.495. The summed E-state index contributed by atoms with van der Waals surface area (Å²) in [6, 6.07) is 5.89. The number of rotatable bonds is 2. The molecule has 1 rings (SSSR count). The van der Waals surface area contributed by atoms with Crippen LogP contribution in [-0.2, 0) is 0 Å². The summed E-state index contributed by atoms with van der Waals surface area (Å²) >= 11 is 0. The van der Waals surface area contributed by atoms with Crippen LogP contribution in [0.5, 0.6) is 0 Å². The van der Waals surface area contributed by atoms with Crippen molar-refractivity contribution in [3.8, 4) is 0 Å². The number of amidine groups is 1. The first-order chi connectivity index (χ1) is 7.16. The van der Waals surface area contributed by atoms with E-state index in [1.165, 1.54) is 26.1 Å². The number of nitrogens with zero attached hydrogens (tertiary/aromatic N) is 2. The second-order valence-electron chi connectivity index (χ2n) is 2.45. The molecule has 6 heteroatoms. The number of hydrogen-bond acceptors (Lipinski definition) is 4. The highest BCUT2D eigenvalue weighted by atomic mass is 19.1. The lowest BCUT2D eigenvalue weighted by Gasteiger charge is -2.14. The molecule has 0 fully saturated rings. The van der Waals surface area contributed by atoms with E-state index in [1.54, 1.807) is 12.1 Å². The zero-order valence-corrected chi connectivity index (χ0v) is 8.66. The third kappa shape index (κ3) is 3.43. The van der Waals surface area contributed by atoms with Gasteiger partial charge in [-0.3, -0.25) is 5.41 Å². The predicted molar refractivity (Wildman–Crippen MR) is 57.5 cm³/mol. The van der Waals surface area contributed by atoms with Crippen LogP contribution in [0.4, 0.5) is 10.1 Å². The van der Waals surface area contributed by atoms with Crippen molar-refractivity contribution in [1.29, 1.82) is 10.9 Å². The zero-order valence-electron chi connectivity index (χ0n) is 8.66. The fourth-order valence-electron chi connectivity index (χ4n) is 0.933. The van der Waals surface area contributed by atoms with Gasteiger partial charge in [-0.2, -0.15) is 10.5 Å². The maximum Gasteiger partial charge on any atom is 0.148 e. The summed E-state index contributed by atoms with van der Waals surface area (Å²) in [5, 5.41) is 11.2. The number of benzene rings is 1. The molecule has 4 N–H and O–H groups in total. The van der Waals surface area contributed by atoms with E-state index in [1.807, 2.05) is 0 Å². The van der Waals surface area contributed by atoms with Crippen molar-refractivity contribution in [3.63, 3.8) is 0 Å². The Morgan fingerprint density at radius 3 is 2.33 bits per heavy atom. The molecule has 0 radical (unpaired) electrons. The highest BCUT2D eigenvalue weighted by Gasteiger charge is 2.11. The van der Waals surface area contributed by atoms with Gasteiger partial charge in [0.05, 0.1) is 0 Å². The van der Waals surface area contributed by atoms with Crippen LogP contribution in [0, 0.1) is 16.8 Å². The Balaban J connectivity index is 0.000000921. The highest BCUT2D eigenvalue weighted by Crippen LogP contribution is 2.18. The van der Waals surface area contributed by atoms with Crippen LogP contribution in [0.25, 0.3) is 0 Å². The van der Waals surface area contributed by atoms with Gasteiger partial charge in [0.25, 0.3) is 0 Å². The van der Waals surface area contributed by atoms with Crippen molar-refractivity contribution < 1.29 is 4.39 Å². The number of nitrogens with two attached hydrogens (primary N) is 1. The number of nitrogens with one attached hydrogen (secondary N) is 2. The Hall–Kier alpha value is -1.82. The van der Waals surface area contributed by atoms with Crippen LogP contribution in [0.1, 0.15) is 6.92 Å². The minimum absolute atomic E-state index is 0.0000926. The molecule has 1 aromatic carbocycles. The molecule has 5 nitrogen and oxygen atoms in total. The van der Waals surface area contributed by atoms with E-state index in [0.717, 1.165) is 5.01 Å². The second kappa shape index (κ2) is 6.61. The molecule has 0 aliphatic rings. The van der Waals surface area contributed by atoms with Crippen LogP contribution in [0.2, 0.25) is 0 Å². The number of para-hydroxylation sites is 1. The first-order valence-corrected chi connectivity index (χ1v) is 4.21. The number of hydrogen-bond donors (Lipinski definition) is 3. The van der Waals surface area contributed by atoms with E-state index in [0.29, 0.717) is 0 Å². The standard InChI is InChI=1S/C8H9FN4.CH5N/c1-6(10)13(12-11)8-5-3-2-4-7(8)9;1-2/h2-5,10-11H,1H3;2H2,1H3. The lowest BCUT2D eigenvalue weighted by atomic mass is 10.3. The van der Waals surface area contributed by atoms with Gasteiger partial charge in [0, 0.05) is 0 Å². The molecule has 0 aliphatic carbocycles. The fraction of sp³-hybridized carbons (Fsp3) is 0.222. The van der Waals surface area contributed by atoms with E-state index < -0.39 is 5.82 Å². The van der Waals surface area contributed by atoms with Gasteiger partial charge < -0.3 is 5.73 Å². The minimum Gasteiger partial charge on any atom is -0.333 e. The molecule has 15 heavy (non-hydrogen) atoms. The van der Waals surface area contributed by atoms with Gasteiger partial charge in [0.15, 0.2) is 0 Å². The maximum atomic E-state index is 13.1.